The van der Waals surface area contributed by atoms with Gasteiger partial charge in [0.25, 0.3) is 0 Å². The highest BCUT2D eigenvalue weighted by atomic mass is 16.4. The van der Waals surface area contributed by atoms with Crippen LogP contribution in [0.1, 0.15) is 36.5 Å². The summed E-state index contributed by atoms with van der Waals surface area (Å²) in [5.41, 5.74) is 0.194. The van der Waals surface area contributed by atoms with Crippen LogP contribution in [0.4, 0.5) is 0 Å². The van der Waals surface area contributed by atoms with Crippen LogP contribution in [0.2, 0.25) is 0 Å². The normalized spacial score (nSPS) is 10.8. The fourth-order valence-corrected chi connectivity index (χ4v) is 1.12. The molecule has 0 radical (unpaired) electrons. The van der Waals surface area contributed by atoms with Gasteiger partial charge in [-0.15, -0.1) is 0 Å². The molecule has 1 aromatic rings. The maximum absolute atomic E-state index is 10.5. The smallest absolute Gasteiger partial charge is 0.357 e. The maximum Gasteiger partial charge on any atom is 0.357 e. The second kappa shape index (κ2) is 4.13. The summed E-state index contributed by atoms with van der Waals surface area (Å²) >= 11 is 0. The Hall–Kier alpha value is -1.52. The van der Waals surface area contributed by atoms with Gasteiger partial charge in [0.15, 0.2) is 11.4 Å². The quantitative estimate of drug-likeness (QED) is 0.682. The molecule has 0 spiro atoms. The number of hydrogen-bond acceptors (Lipinski definition) is 3. The van der Waals surface area contributed by atoms with Gasteiger partial charge in [-0.1, -0.05) is 13.8 Å². The van der Waals surface area contributed by atoms with Crippen molar-refractivity contribution >= 4 is 5.97 Å². The summed E-state index contributed by atoms with van der Waals surface area (Å²) in [7, 11) is 0. The fourth-order valence-electron chi connectivity index (χ4n) is 1.12. The van der Waals surface area contributed by atoms with Gasteiger partial charge in [0.1, 0.15) is 5.69 Å². The average Bonchev–Trinajstić information content (AvgIpc) is 2.43. The van der Waals surface area contributed by atoms with Crippen molar-refractivity contribution in [1.82, 2.24) is 10.2 Å². The van der Waals surface area contributed by atoms with Gasteiger partial charge >= 0.3 is 5.97 Å². The number of nitrogens with one attached hydrogen (secondary N) is 1. The van der Waals surface area contributed by atoms with E-state index in [-0.39, 0.29) is 11.4 Å². The van der Waals surface area contributed by atoms with Crippen molar-refractivity contribution in [2.45, 2.75) is 26.7 Å². The predicted molar refractivity (Wildman–Crippen MR) is 50.4 cm³/mol. The predicted octanol–water partition coefficient (Wildman–Crippen LogP) is 1.40. The van der Waals surface area contributed by atoms with Gasteiger partial charge in [0.05, 0.1) is 0 Å². The molecule has 0 unspecified atom stereocenters. The first-order valence-corrected chi connectivity index (χ1v) is 4.52. The van der Waals surface area contributed by atoms with Crippen molar-refractivity contribution in [2.24, 2.45) is 5.92 Å². The number of carboxylic acids is 1. The Labute approximate surface area is 81.8 Å². The molecule has 0 saturated heterocycles. The highest BCUT2D eigenvalue weighted by molar-refractivity contribution is 5.88. The summed E-state index contributed by atoms with van der Waals surface area (Å²) < 4.78 is 0. The SMILES string of the molecule is CC(C)CCc1n[nH]c(C(=O)O)c1O. The van der Waals surface area contributed by atoms with Crippen molar-refractivity contribution < 1.29 is 15.0 Å². The van der Waals surface area contributed by atoms with E-state index in [0.29, 0.717) is 18.0 Å². The van der Waals surface area contributed by atoms with E-state index < -0.39 is 5.97 Å². The molecule has 0 saturated carbocycles. The molecule has 3 N–H and O–H groups in total. The third kappa shape index (κ3) is 2.25. The standard InChI is InChI=1S/C9H14N2O3/c1-5(2)3-4-6-8(12)7(9(13)14)11-10-6/h5,12H,3-4H2,1-2H3,(H,10,11)(H,13,14). The molecule has 0 aliphatic heterocycles. The second-order valence-electron chi connectivity index (χ2n) is 3.63. The third-order valence-corrected chi connectivity index (χ3v) is 1.99. The van der Waals surface area contributed by atoms with Crippen molar-refractivity contribution in [1.29, 1.82) is 0 Å². The zero-order valence-corrected chi connectivity index (χ0v) is 8.24. The average molecular weight is 198 g/mol. The van der Waals surface area contributed by atoms with Crippen LogP contribution < -0.4 is 0 Å². The number of nitrogens with zero attached hydrogens (tertiary/aromatic N) is 1. The zero-order chi connectivity index (χ0) is 10.7. The monoisotopic (exact) mass is 198 g/mol. The molecule has 0 aromatic carbocycles. The lowest BCUT2D eigenvalue weighted by Gasteiger charge is -2.01. The zero-order valence-electron chi connectivity index (χ0n) is 8.24. The van der Waals surface area contributed by atoms with Crippen molar-refractivity contribution in [3.8, 4) is 5.75 Å². The summed E-state index contributed by atoms with van der Waals surface area (Å²) in [5.74, 6) is -0.927. The van der Waals surface area contributed by atoms with Crippen molar-refractivity contribution in [2.75, 3.05) is 0 Å². The van der Waals surface area contributed by atoms with E-state index in [2.05, 4.69) is 24.0 Å². The molecule has 0 aliphatic rings. The number of carboxylic acid groups (broad SMARTS) is 1. The highest BCUT2D eigenvalue weighted by Gasteiger charge is 2.17. The van der Waals surface area contributed by atoms with Gasteiger partial charge in [0, 0.05) is 0 Å². The summed E-state index contributed by atoms with van der Waals surface area (Å²) in [6.45, 7) is 4.11. The number of aromatic carboxylic acids is 1. The Morgan fingerprint density at radius 2 is 2.21 bits per heavy atom. The Bertz CT molecular complexity index is 331. The molecule has 5 nitrogen and oxygen atoms in total. The molecule has 78 valence electrons. The lowest BCUT2D eigenvalue weighted by Crippen LogP contribution is -1.96. The van der Waals surface area contributed by atoms with Gasteiger partial charge in [0.2, 0.25) is 0 Å². The number of carbonyl (C=O) groups is 1. The minimum absolute atomic E-state index is 0.233. The van der Waals surface area contributed by atoms with E-state index >= 15 is 0 Å². The molecule has 0 fully saturated rings. The van der Waals surface area contributed by atoms with Crippen LogP contribution in [-0.4, -0.2) is 26.4 Å². The Morgan fingerprint density at radius 1 is 1.57 bits per heavy atom. The van der Waals surface area contributed by atoms with Crippen LogP contribution in [0.5, 0.6) is 5.75 Å². The minimum atomic E-state index is -1.19. The van der Waals surface area contributed by atoms with E-state index in [1.54, 1.807) is 0 Å². The Balaban J connectivity index is 2.74. The first-order valence-electron chi connectivity index (χ1n) is 4.52. The summed E-state index contributed by atoms with van der Waals surface area (Å²) in [6, 6.07) is 0. The number of H-pyrrole nitrogens is 1. The second-order valence-corrected chi connectivity index (χ2v) is 3.63. The first kappa shape index (κ1) is 10.6. The molecule has 0 aliphatic carbocycles. The number of aromatic nitrogens is 2. The molecule has 14 heavy (non-hydrogen) atoms. The van der Waals surface area contributed by atoms with Crippen molar-refractivity contribution in [3.05, 3.63) is 11.4 Å². The number of rotatable bonds is 4. The molecule has 0 atom stereocenters. The van der Waals surface area contributed by atoms with Gasteiger partial charge in [-0.05, 0) is 18.8 Å². The van der Waals surface area contributed by atoms with E-state index in [1.807, 2.05) is 0 Å². The fraction of sp³-hybridized carbons (Fsp3) is 0.556. The lowest BCUT2D eigenvalue weighted by atomic mass is 10.1. The van der Waals surface area contributed by atoms with E-state index in [9.17, 15) is 9.90 Å². The van der Waals surface area contributed by atoms with E-state index in [1.165, 1.54) is 0 Å². The molecule has 5 heteroatoms. The van der Waals surface area contributed by atoms with E-state index in [4.69, 9.17) is 5.11 Å². The van der Waals surface area contributed by atoms with Crippen LogP contribution in [0, 0.1) is 5.92 Å². The Morgan fingerprint density at radius 3 is 2.64 bits per heavy atom. The van der Waals surface area contributed by atoms with Gasteiger partial charge in [-0.3, -0.25) is 5.10 Å². The molecular formula is C9H14N2O3. The van der Waals surface area contributed by atoms with Gasteiger partial charge in [-0.25, -0.2) is 4.79 Å². The summed E-state index contributed by atoms with van der Waals surface area (Å²) in [6.07, 6.45) is 1.46. The third-order valence-electron chi connectivity index (χ3n) is 1.99. The van der Waals surface area contributed by atoms with Crippen LogP contribution in [-0.2, 0) is 6.42 Å². The molecule has 1 aromatic heterocycles. The van der Waals surface area contributed by atoms with E-state index in [0.717, 1.165) is 6.42 Å². The first-order chi connectivity index (χ1) is 6.52. The highest BCUT2D eigenvalue weighted by Crippen LogP contribution is 2.21. The topological polar surface area (TPSA) is 86.2 Å². The van der Waals surface area contributed by atoms with Gasteiger partial charge < -0.3 is 10.2 Å². The summed E-state index contributed by atoms with van der Waals surface area (Å²) in [4.78, 5) is 10.5. The molecule has 1 heterocycles. The van der Waals surface area contributed by atoms with Crippen LogP contribution in [0.25, 0.3) is 0 Å². The molecule has 0 bridgehead atoms. The van der Waals surface area contributed by atoms with Crippen LogP contribution >= 0.6 is 0 Å². The number of aryl methyl sites for hydroxylation is 1. The number of aromatic hydroxyl groups is 1. The molecular weight excluding hydrogens is 184 g/mol. The number of hydrogen-bond donors (Lipinski definition) is 3. The molecule has 0 amide bonds. The molecule has 1 rings (SSSR count). The Kier molecular flexibility index (Phi) is 3.11. The minimum Gasteiger partial charge on any atom is -0.504 e. The number of aromatic amines is 1. The van der Waals surface area contributed by atoms with Crippen LogP contribution in [0.15, 0.2) is 0 Å². The summed E-state index contributed by atoms with van der Waals surface area (Å²) in [5, 5.41) is 24.1. The maximum atomic E-state index is 10.5. The van der Waals surface area contributed by atoms with Gasteiger partial charge in [-0.2, -0.15) is 5.10 Å². The van der Waals surface area contributed by atoms with Crippen molar-refractivity contribution in [3.63, 3.8) is 0 Å². The largest absolute Gasteiger partial charge is 0.504 e. The lowest BCUT2D eigenvalue weighted by molar-refractivity contribution is 0.0687. The van der Waals surface area contributed by atoms with Crippen LogP contribution in [0.3, 0.4) is 0 Å².